The van der Waals surface area contributed by atoms with Gasteiger partial charge in [0.1, 0.15) is 0 Å². The minimum atomic E-state index is 0.580. The lowest BCUT2D eigenvalue weighted by molar-refractivity contribution is 0.0416. The highest BCUT2D eigenvalue weighted by Gasteiger charge is 2.28. The predicted octanol–water partition coefficient (Wildman–Crippen LogP) is 2.11. The fourth-order valence-electron chi connectivity index (χ4n) is 2.81. The maximum absolute atomic E-state index is 5.93. The van der Waals surface area contributed by atoms with Gasteiger partial charge in [-0.2, -0.15) is 0 Å². The lowest BCUT2D eigenvalue weighted by atomic mass is 9.87. The molecular formula is C14H30N2O. The molecular weight excluding hydrogens is 212 g/mol. The molecule has 0 saturated carbocycles. The maximum Gasteiger partial charge on any atom is 0.0593 e. The molecule has 0 aromatic heterocycles. The van der Waals surface area contributed by atoms with Gasteiger partial charge < -0.3 is 10.5 Å². The normalized spacial score (nSPS) is 26.6. The van der Waals surface area contributed by atoms with Crippen LogP contribution in [0.25, 0.3) is 0 Å². The lowest BCUT2D eigenvalue weighted by Gasteiger charge is -2.40. The summed E-state index contributed by atoms with van der Waals surface area (Å²) in [5.41, 5.74) is 5.93. The van der Waals surface area contributed by atoms with Gasteiger partial charge in [0.2, 0.25) is 0 Å². The number of rotatable bonds is 7. The molecule has 3 heteroatoms. The van der Waals surface area contributed by atoms with Crippen molar-refractivity contribution in [3.63, 3.8) is 0 Å². The Morgan fingerprint density at radius 1 is 1.41 bits per heavy atom. The van der Waals surface area contributed by atoms with E-state index in [1.165, 1.54) is 25.8 Å². The van der Waals surface area contributed by atoms with Crippen LogP contribution in [0.5, 0.6) is 0 Å². The number of nitrogens with zero attached hydrogens (tertiary/aromatic N) is 1. The van der Waals surface area contributed by atoms with Gasteiger partial charge in [-0.1, -0.05) is 27.2 Å². The van der Waals surface area contributed by atoms with Gasteiger partial charge >= 0.3 is 0 Å². The largest absolute Gasteiger partial charge is 0.380 e. The minimum absolute atomic E-state index is 0.580. The van der Waals surface area contributed by atoms with E-state index in [0.29, 0.717) is 12.0 Å². The van der Waals surface area contributed by atoms with Crippen LogP contribution in [0, 0.1) is 11.8 Å². The third-order valence-corrected chi connectivity index (χ3v) is 3.77. The average molecular weight is 242 g/mol. The van der Waals surface area contributed by atoms with E-state index in [9.17, 15) is 0 Å². The Bertz CT molecular complexity index is 197. The first-order valence-electron chi connectivity index (χ1n) is 7.20. The first kappa shape index (κ1) is 14.9. The lowest BCUT2D eigenvalue weighted by Crippen LogP contribution is -2.50. The van der Waals surface area contributed by atoms with Crippen molar-refractivity contribution in [2.45, 2.75) is 46.1 Å². The van der Waals surface area contributed by atoms with Crippen LogP contribution in [-0.2, 0) is 4.74 Å². The van der Waals surface area contributed by atoms with Crippen LogP contribution in [-0.4, -0.2) is 43.8 Å². The molecule has 102 valence electrons. The van der Waals surface area contributed by atoms with Gasteiger partial charge in [0.05, 0.1) is 6.61 Å². The standard InChI is InChI=1S/C14H30N2O/c1-4-13-6-5-7-16(14(13)10-15)8-9-17-11-12(2)3/h12-14H,4-11,15H2,1-3H3. The van der Waals surface area contributed by atoms with Crippen LogP contribution in [0.4, 0.5) is 0 Å². The zero-order chi connectivity index (χ0) is 12.7. The number of hydrogen-bond acceptors (Lipinski definition) is 3. The molecule has 1 aliphatic heterocycles. The number of nitrogens with two attached hydrogens (primary N) is 1. The second-order valence-electron chi connectivity index (χ2n) is 5.62. The van der Waals surface area contributed by atoms with Crippen LogP contribution in [0.3, 0.4) is 0 Å². The fraction of sp³-hybridized carbons (Fsp3) is 1.00. The summed E-state index contributed by atoms with van der Waals surface area (Å²) in [4.78, 5) is 2.54. The molecule has 0 bridgehead atoms. The highest BCUT2D eigenvalue weighted by molar-refractivity contribution is 4.84. The molecule has 0 aromatic rings. The van der Waals surface area contributed by atoms with Crippen LogP contribution in [0.2, 0.25) is 0 Å². The number of likely N-dealkylation sites (tertiary alicyclic amines) is 1. The van der Waals surface area contributed by atoms with E-state index in [2.05, 4.69) is 25.7 Å². The molecule has 1 saturated heterocycles. The summed E-state index contributed by atoms with van der Waals surface area (Å²) in [5.74, 6) is 1.42. The third-order valence-electron chi connectivity index (χ3n) is 3.77. The van der Waals surface area contributed by atoms with Gasteiger partial charge in [-0.3, -0.25) is 4.90 Å². The van der Waals surface area contributed by atoms with Crippen molar-refractivity contribution in [3.05, 3.63) is 0 Å². The Kier molecular flexibility index (Phi) is 7.09. The van der Waals surface area contributed by atoms with E-state index in [0.717, 1.165) is 32.2 Å². The maximum atomic E-state index is 5.93. The van der Waals surface area contributed by atoms with Crippen LogP contribution >= 0.6 is 0 Å². The summed E-state index contributed by atoms with van der Waals surface area (Å²) < 4.78 is 5.68. The summed E-state index contributed by atoms with van der Waals surface area (Å²) >= 11 is 0. The smallest absolute Gasteiger partial charge is 0.0593 e. The van der Waals surface area contributed by atoms with E-state index in [-0.39, 0.29) is 0 Å². The van der Waals surface area contributed by atoms with Crippen molar-refractivity contribution >= 4 is 0 Å². The third kappa shape index (κ3) is 4.94. The van der Waals surface area contributed by atoms with Gasteiger partial charge in [0.15, 0.2) is 0 Å². The molecule has 1 fully saturated rings. The Morgan fingerprint density at radius 2 is 2.18 bits per heavy atom. The average Bonchev–Trinajstić information content (AvgIpc) is 2.33. The van der Waals surface area contributed by atoms with E-state index in [1.54, 1.807) is 0 Å². The topological polar surface area (TPSA) is 38.5 Å². The van der Waals surface area contributed by atoms with Crippen molar-refractivity contribution in [1.82, 2.24) is 4.90 Å². The van der Waals surface area contributed by atoms with Gasteiger partial charge in [-0.05, 0) is 31.2 Å². The van der Waals surface area contributed by atoms with Crippen LogP contribution in [0.1, 0.15) is 40.0 Å². The SMILES string of the molecule is CCC1CCCN(CCOCC(C)C)C1CN. The van der Waals surface area contributed by atoms with Crippen molar-refractivity contribution in [2.24, 2.45) is 17.6 Å². The van der Waals surface area contributed by atoms with E-state index < -0.39 is 0 Å². The van der Waals surface area contributed by atoms with Gasteiger partial charge in [-0.15, -0.1) is 0 Å². The zero-order valence-electron chi connectivity index (χ0n) is 11.8. The Hall–Kier alpha value is -0.120. The summed E-state index contributed by atoms with van der Waals surface area (Å²) in [5, 5.41) is 0. The molecule has 0 aliphatic carbocycles. The number of ether oxygens (including phenoxy) is 1. The molecule has 3 nitrogen and oxygen atoms in total. The van der Waals surface area contributed by atoms with Gasteiger partial charge in [0, 0.05) is 25.7 Å². The molecule has 2 atom stereocenters. The first-order valence-corrected chi connectivity index (χ1v) is 7.20. The van der Waals surface area contributed by atoms with Crippen molar-refractivity contribution in [3.8, 4) is 0 Å². The summed E-state index contributed by atoms with van der Waals surface area (Å²) in [6.07, 6.45) is 3.92. The second-order valence-corrected chi connectivity index (χ2v) is 5.62. The van der Waals surface area contributed by atoms with Crippen LogP contribution in [0.15, 0.2) is 0 Å². The molecule has 0 radical (unpaired) electrons. The molecule has 0 amide bonds. The minimum Gasteiger partial charge on any atom is -0.380 e. The molecule has 1 heterocycles. The van der Waals surface area contributed by atoms with Crippen molar-refractivity contribution < 1.29 is 4.74 Å². The zero-order valence-corrected chi connectivity index (χ0v) is 11.8. The Balaban J connectivity index is 2.29. The summed E-state index contributed by atoms with van der Waals surface area (Å²) in [7, 11) is 0. The second kappa shape index (κ2) is 8.06. The van der Waals surface area contributed by atoms with Crippen molar-refractivity contribution in [1.29, 1.82) is 0 Å². The molecule has 1 rings (SSSR count). The molecule has 2 N–H and O–H groups in total. The van der Waals surface area contributed by atoms with Crippen LogP contribution < -0.4 is 5.73 Å². The molecule has 0 aromatic carbocycles. The van der Waals surface area contributed by atoms with E-state index in [1.807, 2.05) is 0 Å². The predicted molar refractivity (Wildman–Crippen MR) is 73.1 cm³/mol. The molecule has 17 heavy (non-hydrogen) atoms. The summed E-state index contributed by atoms with van der Waals surface area (Å²) in [6.45, 7) is 11.4. The van der Waals surface area contributed by atoms with E-state index >= 15 is 0 Å². The Morgan fingerprint density at radius 3 is 2.76 bits per heavy atom. The Labute approximate surface area is 107 Å². The van der Waals surface area contributed by atoms with Crippen molar-refractivity contribution in [2.75, 3.05) is 32.8 Å². The number of piperidine rings is 1. The fourth-order valence-corrected chi connectivity index (χ4v) is 2.81. The van der Waals surface area contributed by atoms with E-state index in [4.69, 9.17) is 10.5 Å². The monoisotopic (exact) mass is 242 g/mol. The highest BCUT2D eigenvalue weighted by Crippen LogP contribution is 2.25. The highest BCUT2D eigenvalue weighted by atomic mass is 16.5. The number of hydrogen-bond donors (Lipinski definition) is 1. The quantitative estimate of drug-likeness (QED) is 0.695. The molecule has 1 aliphatic rings. The first-order chi connectivity index (χ1) is 8.19. The molecule has 2 unspecified atom stereocenters. The summed E-state index contributed by atoms with van der Waals surface area (Å²) in [6, 6.07) is 0.580. The molecule has 0 spiro atoms. The van der Waals surface area contributed by atoms with Gasteiger partial charge in [0.25, 0.3) is 0 Å². The van der Waals surface area contributed by atoms with Gasteiger partial charge in [-0.25, -0.2) is 0 Å².